The standard InChI is InChI=1S/C8H11ClN2/c1-11-8(9)6-4-2-3-5-7(6)10-11/h2-5H2,1H3. The molecule has 3 heteroatoms. The minimum absolute atomic E-state index is 0.833. The van der Waals surface area contributed by atoms with Gasteiger partial charge in [-0.05, 0) is 25.7 Å². The van der Waals surface area contributed by atoms with Crippen molar-refractivity contribution in [2.75, 3.05) is 0 Å². The van der Waals surface area contributed by atoms with E-state index in [1.165, 1.54) is 24.1 Å². The first kappa shape index (κ1) is 7.17. The third-order valence-corrected chi connectivity index (χ3v) is 2.72. The molecule has 0 saturated heterocycles. The number of hydrogen-bond donors (Lipinski definition) is 0. The summed E-state index contributed by atoms with van der Waals surface area (Å²) in [5.74, 6) is 0. The molecule has 0 unspecified atom stereocenters. The van der Waals surface area contributed by atoms with Gasteiger partial charge in [0.2, 0.25) is 0 Å². The lowest BCUT2D eigenvalue weighted by atomic mass is 9.99. The van der Waals surface area contributed by atoms with Crippen LogP contribution >= 0.6 is 11.6 Å². The van der Waals surface area contributed by atoms with Crippen molar-refractivity contribution >= 4 is 11.6 Å². The van der Waals surface area contributed by atoms with Crippen molar-refractivity contribution in [3.63, 3.8) is 0 Å². The van der Waals surface area contributed by atoms with E-state index in [0.29, 0.717) is 0 Å². The fourth-order valence-corrected chi connectivity index (χ4v) is 1.88. The minimum Gasteiger partial charge on any atom is -0.257 e. The van der Waals surface area contributed by atoms with Crippen LogP contribution in [0.15, 0.2) is 0 Å². The smallest absolute Gasteiger partial charge is 0.130 e. The van der Waals surface area contributed by atoms with Crippen molar-refractivity contribution in [3.05, 3.63) is 16.4 Å². The maximum atomic E-state index is 6.03. The molecule has 1 aliphatic carbocycles. The van der Waals surface area contributed by atoms with Crippen LogP contribution in [0.25, 0.3) is 0 Å². The largest absolute Gasteiger partial charge is 0.257 e. The highest BCUT2D eigenvalue weighted by Gasteiger charge is 2.17. The van der Waals surface area contributed by atoms with E-state index >= 15 is 0 Å². The lowest BCUT2D eigenvalue weighted by molar-refractivity contribution is 0.664. The number of halogens is 1. The summed E-state index contributed by atoms with van der Waals surface area (Å²) in [6, 6.07) is 0. The zero-order valence-corrected chi connectivity index (χ0v) is 7.36. The molecule has 2 rings (SSSR count). The Morgan fingerprint density at radius 1 is 1.36 bits per heavy atom. The van der Waals surface area contributed by atoms with Crippen molar-refractivity contribution in [2.45, 2.75) is 25.7 Å². The van der Waals surface area contributed by atoms with E-state index in [0.717, 1.165) is 18.0 Å². The zero-order chi connectivity index (χ0) is 7.84. The van der Waals surface area contributed by atoms with Gasteiger partial charge < -0.3 is 0 Å². The van der Waals surface area contributed by atoms with Gasteiger partial charge in [0, 0.05) is 12.6 Å². The first-order valence-electron chi connectivity index (χ1n) is 3.99. The molecule has 0 saturated carbocycles. The minimum atomic E-state index is 0.833. The van der Waals surface area contributed by atoms with Gasteiger partial charge in [0.05, 0.1) is 5.69 Å². The van der Waals surface area contributed by atoms with E-state index in [-0.39, 0.29) is 0 Å². The van der Waals surface area contributed by atoms with Gasteiger partial charge in [-0.2, -0.15) is 5.10 Å². The first-order chi connectivity index (χ1) is 5.29. The molecule has 1 aromatic heterocycles. The molecule has 0 N–H and O–H groups in total. The van der Waals surface area contributed by atoms with E-state index in [1.807, 2.05) is 7.05 Å². The number of aryl methyl sites for hydroxylation is 2. The molecule has 0 atom stereocenters. The van der Waals surface area contributed by atoms with Crippen molar-refractivity contribution in [1.82, 2.24) is 9.78 Å². The summed E-state index contributed by atoms with van der Waals surface area (Å²) in [6.07, 6.45) is 4.75. The van der Waals surface area contributed by atoms with E-state index < -0.39 is 0 Å². The van der Waals surface area contributed by atoms with Crippen molar-refractivity contribution in [3.8, 4) is 0 Å². The molecule has 1 heterocycles. The van der Waals surface area contributed by atoms with Gasteiger partial charge in [0.25, 0.3) is 0 Å². The summed E-state index contributed by atoms with van der Waals surface area (Å²) in [5, 5.41) is 5.17. The maximum Gasteiger partial charge on any atom is 0.130 e. The fraction of sp³-hybridized carbons (Fsp3) is 0.625. The Kier molecular flexibility index (Phi) is 1.64. The van der Waals surface area contributed by atoms with E-state index in [2.05, 4.69) is 5.10 Å². The quantitative estimate of drug-likeness (QED) is 0.582. The van der Waals surface area contributed by atoms with Gasteiger partial charge >= 0.3 is 0 Å². The van der Waals surface area contributed by atoms with Gasteiger partial charge in [-0.25, -0.2) is 0 Å². The molecule has 0 aliphatic heterocycles. The lowest BCUT2D eigenvalue weighted by Crippen LogP contribution is -2.00. The highest BCUT2D eigenvalue weighted by atomic mass is 35.5. The van der Waals surface area contributed by atoms with Crippen molar-refractivity contribution < 1.29 is 0 Å². The van der Waals surface area contributed by atoms with Gasteiger partial charge in [-0.15, -0.1) is 0 Å². The average Bonchev–Trinajstić information content (AvgIpc) is 2.30. The summed E-state index contributed by atoms with van der Waals surface area (Å²) < 4.78 is 1.78. The van der Waals surface area contributed by atoms with E-state index in [1.54, 1.807) is 4.68 Å². The van der Waals surface area contributed by atoms with Crippen LogP contribution < -0.4 is 0 Å². The lowest BCUT2D eigenvalue weighted by Gasteiger charge is -2.07. The summed E-state index contributed by atoms with van der Waals surface area (Å²) in [5.41, 5.74) is 2.49. The molecule has 1 aromatic rings. The molecule has 1 aliphatic rings. The van der Waals surface area contributed by atoms with Gasteiger partial charge in [0.1, 0.15) is 5.15 Å². The number of aromatic nitrogens is 2. The highest BCUT2D eigenvalue weighted by Crippen LogP contribution is 2.26. The van der Waals surface area contributed by atoms with Crippen LogP contribution in [-0.4, -0.2) is 9.78 Å². The number of hydrogen-bond acceptors (Lipinski definition) is 1. The number of rotatable bonds is 0. The van der Waals surface area contributed by atoms with Crippen LogP contribution in [0.2, 0.25) is 5.15 Å². The Balaban J connectivity index is 2.50. The van der Waals surface area contributed by atoms with Crippen molar-refractivity contribution in [1.29, 1.82) is 0 Å². The molecule has 0 radical (unpaired) electrons. The summed E-state index contributed by atoms with van der Waals surface area (Å²) in [6.45, 7) is 0. The summed E-state index contributed by atoms with van der Waals surface area (Å²) in [7, 11) is 1.90. The van der Waals surface area contributed by atoms with Crippen LogP contribution in [-0.2, 0) is 19.9 Å². The molecule has 60 valence electrons. The molecule has 0 fully saturated rings. The maximum absolute atomic E-state index is 6.03. The second-order valence-corrected chi connectivity index (χ2v) is 3.40. The first-order valence-corrected chi connectivity index (χ1v) is 4.37. The molecule has 0 amide bonds. The Morgan fingerprint density at radius 3 is 2.82 bits per heavy atom. The van der Waals surface area contributed by atoms with Gasteiger partial charge in [-0.1, -0.05) is 11.6 Å². The Bertz CT molecular complexity index is 278. The van der Waals surface area contributed by atoms with E-state index in [4.69, 9.17) is 11.6 Å². The summed E-state index contributed by atoms with van der Waals surface area (Å²) in [4.78, 5) is 0. The molecule has 0 spiro atoms. The van der Waals surface area contributed by atoms with E-state index in [9.17, 15) is 0 Å². The second-order valence-electron chi connectivity index (χ2n) is 3.05. The molecule has 2 nitrogen and oxygen atoms in total. The third kappa shape index (κ3) is 1.06. The monoisotopic (exact) mass is 170 g/mol. The van der Waals surface area contributed by atoms with Crippen LogP contribution in [0, 0.1) is 0 Å². The zero-order valence-electron chi connectivity index (χ0n) is 6.60. The SMILES string of the molecule is Cn1nc2c(c1Cl)CCCC2. The predicted octanol–water partition coefficient (Wildman–Crippen LogP) is 1.95. The predicted molar refractivity (Wildman–Crippen MR) is 44.9 cm³/mol. The normalized spacial score (nSPS) is 16.5. The number of fused-ring (bicyclic) bond motifs is 1. The molecular formula is C8H11ClN2. The van der Waals surface area contributed by atoms with Crippen LogP contribution in [0.3, 0.4) is 0 Å². The van der Waals surface area contributed by atoms with Gasteiger partial charge in [0.15, 0.2) is 0 Å². The molecule has 0 bridgehead atoms. The topological polar surface area (TPSA) is 17.8 Å². The molecular weight excluding hydrogens is 160 g/mol. The van der Waals surface area contributed by atoms with Crippen LogP contribution in [0.5, 0.6) is 0 Å². The molecule has 11 heavy (non-hydrogen) atoms. The van der Waals surface area contributed by atoms with Crippen molar-refractivity contribution in [2.24, 2.45) is 7.05 Å². The Hall–Kier alpha value is -0.500. The highest BCUT2D eigenvalue weighted by molar-refractivity contribution is 6.30. The fourth-order valence-electron chi connectivity index (χ4n) is 1.64. The average molecular weight is 171 g/mol. The summed E-state index contributed by atoms with van der Waals surface area (Å²) >= 11 is 6.03. The van der Waals surface area contributed by atoms with Crippen LogP contribution in [0.1, 0.15) is 24.1 Å². The third-order valence-electron chi connectivity index (χ3n) is 2.24. The molecule has 0 aromatic carbocycles. The Labute approximate surface area is 71.2 Å². The van der Waals surface area contributed by atoms with Gasteiger partial charge in [-0.3, -0.25) is 4.68 Å². The Morgan fingerprint density at radius 2 is 2.09 bits per heavy atom. The second kappa shape index (κ2) is 2.52. The van der Waals surface area contributed by atoms with Crippen LogP contribution in [0.4, 0.5) is 0 Å². The number of nitrogens with zero attached hydrogens (tertiary/aromatic N) is 2.